The second kappa shape index (κ2) is 9.68. The maximum atomic E-state index is 13.1. The summed E-state index contributed by atoms with van der Waals surface area (Å²) < 4.78 is 27.7. The molecule has 1 aromatic rings. The van der Waals surface area contributed by atoms with Crippen LogP contribution >= 0.6 is 0 Å². The van der Waals surface area contributed by atoms with Crippen molar-refractivity contribution in [2.45, 2.75) is 51.5 Å². The van der Waals surface area contributed by atoms with Crippen LogP contribution in [-0.2, 0) is 14.8 Å². The summed E-state index contributed by atoms with van der Waals surface area (Å²) in [6.45, 7) is 11.3. The van der Waals surface area contributed by atoms with Gasteiger partial charge in [0.2, 0.25) is 15.9 Å². The van der Waals surface area contributed by atoms with Crippen molar-refractivity contribution in [3.63, 3.8) is 0 Å². The Kier molecular flexibility index (Phi) is 7.40. The molecule has 1 unspecified atom stereocenters. The number of hydrogen-bond acceptors (Lipinski definition) is 5. The summed E-state index contributed by atoms with van der Waals surface area (Å²) in [6, 6.07) is 7.66. The number of carbonyl (C=O) groups excluding carboxylic acids is 1. The van der Waals surface area contributed by atoms with Gasteiger partial charge in [-0.1, -0.05) is 31.5 Å². The molecular formula is C23H34N4O3S. The minimum atomic E-state index is -3.54. The fraction of sp³-hybridized carbons (Fsp3) is 0.652. The summed E-state index contributed by atoms with van der Waals surface area (Å²) in [5.74, 6) is 0.256. The van der Waals surface area contributed by atoms with Gasteiger partial charge in [-0.2, -0.15) is 9.57 Å². The number of benzene rings is 1. The van der Waals surface area contributed by atoms with Crippen molar-refractivity contribution >= 4 is 15.9 Å². The quantitative estimate of drug-likeness (QED) is 0.693. The standard InChI is InChI=1S/C23H34N4O3S/c1-17(2)21(16-24)25-11-13-26(14-12-25)23(28)20-7-9-27(10-8-20)31(29,30)22-6-5-18(3)15-19(22)4/h5-6,15,17,20-21H,7-14H2,1-4H3. The van der Waals surface area contributed by atoms with Gasteiger partial charge < -0.3 is 4.90 Å². The first-order chi connectivity index (χ1) is 14.6. The van der Waals surface area contributed by atoms with Crippen LogP contribution in [0, 0.1) is 37.0 Å². The number of carbonyl (C=O) groups is 1. The molecule has 2 saturated heterocycles. The van der Waals surface area contributed by atoms with Crippen molar-refractivity contribution in [1.29, 1.82) is 5.26 Å². The molecular weight excluding hydrogens is 412 g/mol. The Labute approximate surface area is 186 Å². The van der Waals surface area contributed by atoms with Crippen LogP contribution < -0.4 is 0 Å². The molecule has 0 bridgehead atoms. The summed E-state index contributed by atoms with van der Waals surface area (Å²) >= 11 is 0. The summed E-state index contributed by atoms with van der Waals surface area (Å²) in [5.41, 5.74) is 1.79. The predicted molar refractivity (Wildman–Crippen MR) is 120 cm³/mol. The van der Waals surface area contributed by atoms with Gasteiger partial charge in [0.15, 0.2) is 0 Å². The van der Waals surface area contributed by atoms with Gasteiger partial charge in [-0.05, 0) is 44.2 Å². The molecule has 31 heavy (non-hydrogen) atoms. The third kappa shape index (κ3) is 5.11. The number of piperazine rings is 1. The lowest BCUT2D eigenvalue weighted by Gasteiger charge is -2.40. The fourth-order valence-corrected chi connectivity index (χ4v) is 6.38. The van der Waals surface area contributed by atoms with Crippen LogP contribution in [0.3, 0.4) is 0 Å². The van der Waals surface area contributed by atoms with E-state index in [2.05, 4.69) is 11.0 Å². The van der Waals surface area contributed by atoms with E-state index in [1.165, 1.54) is 4.31 Å². The predicted octanol–water partition coefficient (Wildman–Crippen LogP) is 2.40. The highest BCUT2D eigenvalue weighted by molar-refractivity contribution is 7.89. The van der Waals surface area contributed by atoms with Gasteiger partial charge in [0.25, 0.3) is 0 Å². The Morgan fingerprint density at radius 1 is 1.06 bits per heavy atom. The van der Waals surface area contributed by atoms with E-state index in [0.717, 1.165) is 11.1 Å². The lowest BCUT2D eigenvalue weighted by atomic mass is 9.96. The van der Waals surface area contributed by atoms with Gasteiger partial charge in [-0.25, -0.2) is 8.42 Å². The second-order valence-corrected chi connectivity index (χ2v) is 11.0. The molecule has 1 amide bonds. The molecule has 2 aliphatic heterocycles. The van der Waals surface area contributed by atoms with Gasteiger partial charge >= 0.3 is 0 Å². The highest BCUT2D eigenvalue weighted by atomic mass is 32.2. The number of nitrogens with zero attached hydrogens (tertiary/aromatic N) is 4. The molecule has 0 aliphatic carbocycles. The Morgan fingerprint density at radius 2 is 1.68 bits per heavy atom. The summed E-state index contributed by atoms with van der Waals surface area (Å²) in [7, 11) is -3.54. The number of aryl methyl sites for hydroxylation is 2. The molecule has 2 heterocycles. The Morgan fingerprint density at radius 3 is 2.19 bits per heavy atom. The van der Waals surface area contributed by atoms with Crippen LogP contribution in [0.1, 0.15) is 37.8 Å². The number of hydrogen-bond donors (Lipinski definition) is 0. The van der Waals surface area contributed by atoms with Crippen molar-refractivity contribution in [3.05, 3.63) is 29.3 Å². The van der Waals surface area contributed by atoms with Crippen LogP contribution in [0.5, 0.6) is 0 Å². The van der Waals surface area contributed by atoms with E-state index >= 15 is 0 Å². The second-order valence-electron chi connectivity index (χ2n) is 9.13. The smallest absolute Gasteiger partial charge is 0.243 e. The number of piperidine rings is 1. The zero-order chi connectivity index (χ0) is 22.8. The Hall–Kier alpha value is -1.95. The zero-order valence-corrected chi connectivity index (χ0v) is 19.9. The number of nitriles is 1. The van der Waals surface area contributed by atoms with Gasteiger partial charge in [0, 0.05) is 45.2 Å². The average Bonchev–Trinajstić information content (AvgIpc) is 2.74. The van der Waals surface area contributed by atoms with Crippen LogP contribution in [0.4, 0.5) is 0 Å². The lowest BCUT2D eigenvalue weighted by molar-refractivity contribution is -0.138. The topological polar surface area (TPSA) is 84.7 Å². The minimum absolute atomic E-state index is 0.115. The van der Waals surface area contributed by atoms with Crippen molar-refractivity contribution < 1.29 is 13.2 Å². The van der Waals surface area contributed by atoms with Crippen LogP contribution in [0.15, 0.2) is 23.1 Å². The van der Waals surface area contributed by atoms with Gasteiger partial charge in [0.05, 0.1) is 11.0 Å². The normalized spacial score (nSPS) is 20.6. The van der Waals surface area contributed by atoms with E-state index < -0.39 is 10.0 Å². The number of rotatable bonds is 5. The number of amides is 1. The molecule has 2 aliphatic rings. The maximum absolute atomic E-state index is 13.1. The largest absolute Gasteiger partial charge is 0.340 e. The minimum Gasteiger partial charge on any atom is -0.340 e. The van der Waals surface area contributed by atoms with E-state index in [1.807, 2.05) is 44.7 Å². The van der Waals surface area contributed by atoms with Gasteiger partial charge in [-0.15, -0.1) is 0 Å². The van der Waals surface area contributed by atoms with E-state index in [4.69, 9.17) is 0 Å². The van der Waals surface area contributed by atoms with E-state index in [0.29, 0.717) is 57.0 Å². The molecule has 0 spiro atoms. The van der Waals surface area contributed by atoms with Crippen molar-refractivity contribution in [2.24, 2.45) is 11.8 Å². The molecule has 0 saturated carbocycles. The van der Waals surface area contributed by atoms with E-state index in [1.54, 1.807) is 6.07 Å². The first-order valence-electron chi connectivity index (χ1n) is 11.1. The van der Waals surface area contributed by atoms with Crippen molar-refractivity contribution in [3.8, 4) is 6.07 Å². The molecule has 1 aromatic carbocycles. The summed E-state index contributed by atoms with van der Waals surface area (Å²) in [6.07, 6.45) is 1.10. The number of sulfonamides is 1. The maximum Gasteiger partial charge on any atom is 0.243 e. The fourth-order valence-electron chi connectivity index (χ4n) is 4.70. The average molecular weight is 447 g/mol. The molecule has 8 heteroatoms. The molecule has 1 atom stereocenters. The molecule has 3 rings (SSSR count). The van der Waals surface area contributed by atoms with Crippen molar-refractivity contribution in [1.82, 2.24) is 14.1 Å². The molecule has 170 valence electrons. The Bertz CT molecular complexity index is 938. The first kappa shape index (κ1) is 23.7. The highest BCUT2D eigenvalue weighted by Crippen LogP contribution is 2.27. The van der Waals surface area contributed by atoms with E-state index in [-0.39, 0.29) is 23.8 Å². The van der Waals surface area contributed by atoms with Crippen molar-refractivity contribution in [2.75, 3.05) is 39.3 Å². The molecule has 0 radical (unpaired) electrons. The Balaban J connectivity index is 1.56. The zero-order valence-electron chi connectivity index (χ0n) is 19.0. The molecule has 0 N–H and O–H groups in total. The van der Waals surface area contributed by atoms with Gasteiger partial charge in [-0.3, -0.25) is 9.69 Å². The molecule has 7 nitrogen and oxygen atoms in total. The van der Waals surface area contributed by atoms with Crippen LogP contribution in [-0.4, -0.2) is 73.7 Å². The monoisotopic (exact) mass is 446 g/mol. The van der Waals surface area contributed by atoms with Crippen LogP contribution in [0.2, 0.25) is 0 Å². The van der Waals surface area contributed by atoms with Crippen LogP contribution in [0.25, 0.3) is 0 Å². The summed E-state index contributed by atoms with van der Waals surface area (Å²) in [4.78, 5) is 17.4. The lowest BCUT2D eigenvalue weighted by Crippen LogP contribution is -2.54. The van der Waals surface area contributed by atoms with Gasteiger partial charge in [0.1, 0.15) is 6.04 Å². The SMILES string of the molecule is Cc1ccc(S(=O)(=O)N2CCC(C(=O)N3CCN(C(C#N)C(C)C)CC3)CC2)c(C)c1. The molecule has 2 fully saturated rings. The molecule has 0 aromatic heterocycles. The highest BCUT2D eigenvalue weighted by Gasteiger charge is 2.36. The first-order valence-corrected chi connectivity index (χ1v) is 12.6. The third-order valence-electron chi connectivity index (χ3n) is 6.53. The summed E-state index contributed by atoms with van der Waals surface area (Å²) in [5, 5.41) is 9.41. The third-order valence-corrected chi connectivity index (χ3v) is 8.59. The van der Waals surface area contributed by atoms with E-state index in [9.17, 15) is 18.5 Å².